The molecule has 6 atom stereocenters. The summed E-state index contributed by atoms with van der Waals surface area (Å²) in [4.78, 5) is 12.7. The molecule has 0 aromatic heterocycles. The highest BCUT2D eigenvalue weighted by atomic mass is 16.7. The minimum Gasteiger partial charge on any atom is -0.457 e. The number of esters is 1. The minimum absolute atomic E-state index is 0.119. The summed E-state index contributed by atoms with van der Waals surface area (Å²) in [6, 6.07) is 0. The molecule has 1 rings (SSSR count). The van der Waals surface area contributed by atoms with Crippen molar-refractivity contribution in [1.82, 2.24) is 0 Å². The van der Waals surface area contributed by atoms with Gasteiger partial charge in [0.2, 0.25) is 0 Å². The Balaban J connectivity index is 2.28. The van der Waals surface area contributed by atoms with Crippen LogP contribution in [0.25, 0.3) is 0 Å². The van der Waals surface area contributed by atoms with Gasteiger partial charge >= 0.3 is 5.97 Å². The average Bonchev–Trinajstić information content (AvgIpc) is 3.14. The van der Waals surface area contributed by atoms with Gasteiger partial charge in [-0.3, -0.25) is 4.79 Å². The van der Waals surface area contributed by atoms with Gasteiger partial charge in [-0.05, 0) is 64.2 Å². The van der Waals surface area contributed by atoms with Gasteiger partial charge < -0.3 is 39.4 Å². The van der Waals surface area contributed by atoms with E-state index in [9.17, 15) is 25.2 Å². The van der Waals surface area contributed by atoms with Crippen LogP contribution in [-0.4, -0.2) is 89.6 Å². The van der Waals surface area contributed by atoms with Gasteiger partial charge in [0.1, 0.15) is 30.5 Å². The number of unbranched alkanes of at least 4 members (excludes halogenated alkanes) is 18. The summed E-state index contributed by atoms with van der Waals surface area (Å²) in [5.41, 5.74) is 0. The van der Waals surface area contributed by atoms with E-state index in [1.54, 1.807) is 0 Å². The molecule has 0 aliphatic carbocycles. The Kier molecular flexibility index (Phi) is 32.7. The zero-order chi connectivity index (χ0) is 37.9. The van der Waals surface area contributed by atoms with E-state index in [-0.39, 0.29) is 19.2 Å². The van der Waals surface area contributed by atoms with Gasteiger partial charge in [-0.25, -0.2) is 0 Å². The molecule has 0 spiro atoms. The van der Waals surface area contributed by atoms with Crippen LogP contribution in [0.5, 0.6) is 0 Å². The molecule has 1 fully saturated rings. The molecule has 1 aliphatic heterocycles. The molecule has 0 saturated carbocycles. The highest BCUT2D eigenvalue weighted by Gasteiger charge is 2.44. The number of ether oxygens (including phenoxy) is 4. The largest absolute Gasteiger partial charge is 0.457 e. The van der Waals surface area contributed by atoms with Crippen molar-refractivity contribution in [3.05, 3.63) is 36.5 Å². The van der Waals surface area contributed by atoms with Gasteiger partial charge in [-0.2, -0.15) is 0 Å². The van der Waals surface area contributed by atoms with Crippen LogP contribution in [0.15, 0.2) is 36.5 Å². The summed E-state index contributed by atoms with van der Waals surface area (Å²) in [6.07, 6.45) is 33.1. The Bertz CT molecular complexity index is 890. The average molecular weight is 739 g/mol. The third-order valence-corrected chi connectivity index (χ3v) is 9.53. The number of aliphatic hydroxyl groups is 4. The van der Waals surface area contributed by atoms with E-state index in [1.165, 1.54) is 83.5 Å². The number of hydrogen-bond acceptors (Lipinski definition) is 9. The van der Waals surface area contributed by atoms with Crippen molar-refractivity contribution in [3.63, 3.8) is 0 Å². The highest BCUT2D eigenvalue weighted by Crippen LogP contribution is 2.22. The number of carbonyl (C=O) groups excluding carboxylic acids is 1. The molecule has 1 aliphatic rings. The first-order valence-electron chi connectivity index (χ1n) is 21.1. The molecule has 1 heterocycles. The smallest absolute Gasteiger partial charge is 0.306 e. The zero-order valence-electron chi connectivity index (χ0n) is 33.1. The van der Waals surface area contributed by atoms with Crippen LogP contribution in [0, 0.1) is 0 Å². The molecule has 9 heteroatoms. The van der Waals surface area contributed by atoms with E-state index in [1.807, 2.05) is 0 Å². The Morgan fingerprint density at radius 2 is 1.13 bits per heavy atom. The van der Waals surface area contributed by atoms with Crippen LogP contribution >= 0.6 is 0 Å². The summed E-state index contributed by atoms with van der Waals surface area (Å²) >= 11 is 0. The van der Waals surface area contributed by atoms with E-state index in [2.05, 4.69) is 50.3 Å². The van der Waals surface area contributed by atoms with Crippen molar-refractivity contribution in [1.29, 1.82) is 0 Å². The molecule has 0 aromatic carbocycles. The fraction of sp³-hybridized carbons (Fsp3) is 0.837. The predicted octanol–water partition coefficient (Wildman–Crippen LogP) is 8.80. The first-order valence-corrected chi connectivity index (χ1v) is 21.1. The van der Waals surface area contributed by atoms with E-state index in [0.717, 1.165) is 64.2 Å². The van der Waals surface area contributed by atoms with Crippen molar-refractivity contribution in [2.24, 2.45) is 0 Å². The maximum atomic E-state index is 12.7. The van der Waals surface area contributed by atoms with Crippen molar-refractivity contribution >= 4 is 5.97 Å². The quantitative estimate of drug-likeness (QED) is 0.0286. The topological polar surface area (TPSA) is 135 Å². The van der Waals surface area contributed by atoms with E-state index < -0.39 is 43.4 Å². The molecule has 9 nitrogen and oxygen atoms in total. The van der Waals surface area contributed by atoms with Crippen molar-refractivity contribution in [3.8, 4) is 0 Å². The Hall–Kier alpha value is -1.59. The van der Waals surface area contributed by atoms with Crippen LogP contribution in [0.2, 0.25) is 0 Å². The Morgan fingerprint density at radius 3 is 1.73 bits per heavy atom. The second kappa shape index (κ2) is 35.1. The van der Waals surface area contributed by atoms with Crippen LogP contribution in [0.4, 0.5) is 0 Å². The lowest BCUT2D eigenvalue weighted by Crippen LogP contribution is -2.59. The first-order chi connectivity index (χ1) is 25.4. The lowest BCUT2D eigenvalue weighted by Gasteiger charge is -2.39. The molecule has 6 unspecified atom stereocenters. The summed E-state index contributed by atoms with van der Waals surface area (Å²) < 4.78 is 22.7. The maximum absolute atomic E-state index is 12.7. The Labute approximate surface area is 317 Å². The van der Waals surface area contributed by atoms with Gasteiger partial charge in [0.25, 0.3) is 0 Å². The molecule has 0 amide bonds. The van der Waals surface area contributed by atoms with E-state index >= 15 is 0 Å². The highest BCUT2D eigenvalue weighted by molar-refractivity contribution is 5.69. The fourth-order valence-electron chi connectivity index (χ4n) is 6.15. The monoisotopic (exact) mass is 739 g/mol. The second-order valence-corrected chi connectivity index (χ2v) is 14.4. The number of allylic oxidation sites excluding steroid dienone is 6. The van der Waals surface area contributed by atoms with E-state index in [0.29, 0.717) is 13.0 Å². The molecule has 52 heavy (non-hydrogen) atoms. The zero-order valence-corrected chi connectivity index (χ0v) is 33.1. The van der Waals surface area contributed by atoms with Crippen molar-refractivity contribution < 1.29 is 44.2 Å². The first kappa shape index (κ1) is 48.4. The van der Waals surface area contributed by atoms with Gasteiger partial charge in [-0.1, -0.05) is 134 Å². The number of carbonyl (C=O) groups is 1. The molecule has 1 saturated heterocycles. The molecule has 0 bridgehead atoms. The summed E-state index contributed by atoms with van der Waals surface area (Å²) in [5, 5.41) is 40.0. The minimum atomic E-state index is -1.54. The fourth-order valence-corrected chi connectivity index (χ4v) is 6.15. The SMILES string of the molecule is CCCC/C=C\CCCCCCCC(=O)OC(COCCCCCCCCCC/C=C\C/C=C\CCCCC)COC1OC(CO)C(O)C(O)C1O. The lowest BCUT2D eigenvalue weighted by molar-refractivity contribution is -0.305. The molecule has 0 radical (unpaired) electrons. The number of aliphatic hydroxyl groups excluding tert-OH is 4. The lowest BCUT2D eigenvalue weighted by atomic mass is 9.99. The van der Waals surface area contributed by atoms with Crippen LogP contribution in [0.1, 0.15) is 168 Å². The normalized spacial score (nSPS) is 21.5. The van der Waals surface area contributed by atoms with Gasteiger partial charge in [-0.15, -0.1) is 0 Å². The second-order valence-electron chi connectivity index (χ2n) is 14.4. The van der Waals surface area contributed by atoms with E-state index in [4.69, 9.17) is 18.9 Å². The standard InChI is InChI=1S/C43H78O9/c1-3-5-7-9-11-13-15-16-17-18-19-20-21-23-25-27-29-31-33-49-35-37(36-50-43-42(48)41(47)40(46)38(34-44)52-43)51-39(45)32-30-28-26-24-22-14-12-10-8-6-4-2/h10-13,16-17,37-38,40-44,46-48H,3-9,14-15,18-36H2,1-2H3/b12-10-,13-11-,17-16-. The molecule has 4 N–H and O–H groups in total. The van der Waals surface area contributed by atoms with Crippen LogP contribution < -0.4 is 0 Å². The summed E-state index contributed by atoms with van der Waals surface area (Å²) in [6.45, 7) is 4.46. The van der Waals surface area contributed by atoms with Crippen LogP contribution in [-0.2, 0) is 23.7 Å². The van der Waals surface area contributed by atoms with Gasteiger partial charge in [0, 0.05) is 13.0 Å². The molecular weight excluding hydrogens is 660 g/mol. The summed E-state index contributed by atoms with van der Waals surface area (Å²) in [7, 11) is 0. The van der Waals surface area contributed by atoms with Crippen LogP contribution in [0.3, 0.4) is 0 Å². The number of hydrogen-bond donors (Lipinski definition) is 4. The van der Waals surface area contributed by atoms with Gasteiger partial charge in [0.05, 0.1) is 19.8 Å². The van der Waals surface area contributed by atoms with Gasteiger partial charge in [0.15, 0.2) is 6.29 Å². The maximum Gasteiger partial charge on any atom is 0.306 e. The van der Waals surface area contributed by atoms with Crippen molar-refractivity contribution in [2.45, 2.75) is 205 Å². The van der Waals surface area contributed by atoms with Crippen molar-refractivity contribution in [2.75, 3.05) is 26.4 Å². The third kappa shape index (κ3) is 26.2. The molecule has 304 valence electrons. The Morgan fingerprint density at radius 1 is 0.615 bits per heavy atom. The predicted molar refractivity (Wildman–Crippen MR) is 210 cm³/mol. The number of rotatable bonds is 35. The third-order valence-electron chi connectivity index (χ3n) is 9.53. The molecule has 0 aromatic rings. The summed E-state index contributed by atoms with van der Waals surface area (Å²) in [5.74, 6) is -0.328. The molecular formula is C43H78O9.